The van der Waals surface area contributed by atoms with Crippen LogP contribution in [0, 0.1) is 5.92 Å². The number of nitrogens with zero attached hydrogens (tertiary/aromatic N) is 1. The fourth-order valence-electron chi connectivity index (χ4n) is 2.21. The zero-order chi connectivity index (χ0) is 17.5. The molecule has 0 saturated carbocycles. The Labute approximate surface area is 165 Å². The highest BCUT2D eigenvalue weighted by atomic mass is 35.5. The van der Waals surface area contributed by atoms with E-state index in [0.29, 0.717) is 29.4 Å². The van der Waals surface area contributed by atoms with Crippen LogP contribution in [0.3, 0.4) is 0 Å². The molecule has 0 radical (unpaired) electrons. The number of amides is 2. The van der Waals surface area contributed by atoms with Gasteiger partial charge in [-0.2, -0.15) is 0 Å². The summed E-state index contributed by atoms with van der Waals surface area (Å²) in [6.07, 6.45) is 2.20. The van der Waals surface area contributed by atoms with E-state index in [1.165, 1.54) is 0 Å². The van der Waals surface area contributed by atoms with Crippen molar-refractivity contribution in [2.75, 3.05) is 10.6 Å². The van der Waals surface area contributed by atoms with E-state index in [2.05, 4.69) is 15.6 Å². The lowest BCUT2D eigenvalue weighted by molar-refractivity contribution is -0.117. The lowest BCUT2D eigenvalue weighted by atomic mass is 10.0. The molecule has 1 aromatic heterocycles. The minimum atomic E-state index is -0.573. The molecular formula is C18H24Cl2N4O2. The maximum Gasteiger partial charge on any atom is 0.256 e. The lowest BCUT2D eigenvalue weighted by Crippen LogP contribution is -2.36. The number of nitrogens with one attached hydrogen (secondary N) is 2. The summed E-state index contributed by atoms with van der Waals surface area (Å²) in [4.78, 5) is 28.4. The van der Waals surface area contributed by atoms with Crippen LogP contribution in [-0.2, 0) is 4.79 Å². The fourth-order valence-corrected chi connectivity index (χ4v) is 2.21. The number of carbonyl (C=O) groups excluding carboxylic acids is 2. The van der Waals surface area contributed by atoms with Crippen LogP contribution in [0.5, 0.6) is 0 Å². The smallest absolute Gasteiger partial charge is 0.256 e. The highest BCUT2D eigenvalue weighted by molar-refractivity contribution is 6.05. The molecule has 1 heterocycles. The van der Waals surface area contributed by atoms with Crippen molar-refractivity contribution in [2.45, 2.75) is 26.3 Å². The van der Waals surface area contributed by atoms with Crippen molar-refractivity contribution < 1.29 is 9.59 Å². The maximum absolute atomic E-state index is 12.2. The summed E-state index contributed by atoms with van der Waals surface area (Å²) in [5.41, 5.74) is 6.83. The lowest BCUT2D eigenvalue weighted by Gasteiger charge is -2.14. The normalized spacial score (nSPS) is 10.9. The van der Waals surface area contributed by atoms with Crippen LogP contribution in [0.15, 0.2) is 48.7 Å². The van der Waals surface area contributed by atoms with Crippen LogP contribution in [0.4, 0.5) is 11.5 Å². The van der Waals surface area contributed by atoms with Gasteiger partial charge in [-0.3, -0.25) is 9.59 Å². The largest absolute Gasteiger partial charge is 0.325 e. The van der Waals surface area contributed by atoms with E-state index in [9.17, 15) is 9.59 Å². The third kappa shape index (κ3) is 7.39. The zero-order valence-electron chi connectivity index (χ0n) is 14.6. The minimum Gasteiger partial charge on any atom is -0.325 e. The van der Waals surface area contributed by atoms with Gasteiger partial charge in [-0.05, 0) is 42.7 Å². The van der Waals surface area contributed by atoms with E-state index in [4.69, 9.17) is 5.73 Å². The number of halogens is 2. The monoisotopic (exact) mass is 398 g/mol. The van der Waals surface area contributed by atoms with Gasteiger partial charge in [0.15, 0.2) is 0 Å². The van der Waals surface area contributed by atoms with Gasteiger partial charge in [0.2, 0.25) is 5.91 Å². The molecule has 1 aromatic carbocycles. The van der Waals surface area contributed by atoms with Gasteiger partial charge in [0.05, 0.1) is 6.04 Å². The first-order valence-electron chi connectivity index (χ1n) is 7.84. The molecule has 4 N–H and O–H groups in total. The first-order valence-corrected chi connectivity index (χ1v) is 7.84. The number of hydrogen-bond acceptors (Lipinski definition) is 4. The topological polar surface area (TPSA) is 97.1 Å². The van der Waals surface area contributed by atoms with E-state index in [1.54, 1.807) is 48.7 Å². The Kier molecular flexibility index (Phi) is 10.5. The van der Waals surface area contributed by atoms with Crippen LogP contribution in [-0.4, -0.2) is 22.8 Å². The van der Waals surface area contributed by atoms with Gasteiger partial charge < -0.3 is 16.4 Å². The Hall–Kier alpha value is -2.15. The summed E-state index contributed by atoms with van der Waals surface area (Å²) >= 11 is 0. The second-order valence-corrected chi connectivity index (χ2v) is 5.98. The Bertz CT molecular complexity index is 711. The summed E-state index contributed by atoms with van der Waals surface area (Å²) < 4.78 is 0. The SMILES string of the molecule is CC(C)C[C@H](N)C(=O)Nc1cccc(C(=O)Nc2ccccn2)c1.Cl.Cl. The van der Waals surface area contributed by atoms with Crippen molar-refractivity contribution in [1.29, 1.82) is 0 Å². The van der Waals surface area contributed by atoms with E-state index >= 15 is 0 Å². The molecule has 1 atom stereocenters. The van der Waals surface area contributed by atoms with Crippen molar-refractivity contribution in [2.24, 2.45) is 11.7 Å². The number of anilines is 2. The van der Waals surface area contributed by atoms with Gasteiger partial charge in [0.25, 0.3) is 5.91 Å². The quantitative estimate of drug-likeness (QED) is 0.693. The molecule has 0 bridgehead atoms. The van der Waals surface area contributed by atoms with Gasteiger partial charge in [-0.25, -0.2) is 4.98 Å². The second kappa shape index (κ2) is 11.5. The van der Waals surface area contributed by atoms with Crippen LogP contribution >= 0.6 is 24.8 Å². The molecule has 26 heavy (non-hydrogen) atoms. The van der Waals surface area contributed by atoms with Crippen LogP contribution in [0.25, 0.3) is 0 Å². The Morgan fingerprint density at radius 3 is 2.42 bits per heavy atom. The molecule has 8 heteroatoms. The molecule has 0 spiro atoms. The van der Waals surface area contributed by atoms with Crippen molar-refractivity contribution >= 4 is 48.1 Å². The first kappa shape index (κ1) is 23.9. The van der Waals surface area contributed by atoms with Crippen molar-refractivity contribution in [3.8, 4) is 0 Å². The number of carbonyl (C=O) groups is 2. The summed E-state index contributed by atoms with van der Waals surface area (Å²) in [7, 11) is 0. The highest BCUT2D eigenvalue weighted by Gasteiger charge is 2.15. The third-order valence-corrected chi connectivity index (χ3v) is 3.36. The van der Waals surface area contributed by atoms with Crippen molar-refractivity contribution in [1.82, 2.24) is 4.98 Å². The van der Waals surface area contributed by atoms with Crippen LogP contribution < -0.4 is 16.4 Å². The van der Waals surface area contributed by atoms with Gasteiger partial charge in [0, 0.05) is 17.4 Å². The Balaban J connectivity index is 0.00000312. The number of benzene rings is 1. The fraction of sp³-hybridized carbons (Fsp3) is 0.278. The number of hydrogen-bond donors (Lipinski definition) is 3. The standard InChI is InChI=1S/C18H22N4O2.2ClH/c1-12(2)10-15(19)18(24)21-14-7-5-6-13(11-14)17(23)22-16-8-3-4-9-20-16;;/h3-9,11-12,15H,10,19H2,1-2H3,(H,21,24)(H,20,22,23);2*1H/t15-;;/m0../s1. The third-order valence-electron chi connectivity index (χ3n) is 3.36. The van der Waals surface area contributed by atoms with Gasteiger partial charge >= 0.3 is 0 Å². The summed E-state index contributed by atoms with van der Waals surface area (Å²) in [6, 6.07) is 11.4. The van der Waals surface area contributed by atoms with E-state index in [0.717, 1.165) is 0 Å². The zero-order valence-corrected chi connectivity index (χ0v) is 16.3. The predicted molar refractivity (Wildman–Crippen MR) is 109 cm³/mol. The molecule has 0 unspecified atom stereocenters. The second-order valence-electron chi connectivity index (χ2n) is 5.98. The van der Waals surface area contributed by atoms with E-state index in [1.807, 2.05) is 13.8 Å². The minimum absolute atomic E-state index is 0. The van der Waals surface area contributed by atoms with Gasteiger partial charge in [0.1, 0.15) is 5.82 Å². The summed E-state index contributed by atoms with van der Waals surface area (Å²) in [5.74, 6) is 0.249. The Morgan fingerprint density at radius 1 is 1.08 bits per heavy atom. The first-order chi connectivity index (χ1) is 11.5. The molecular weight excluding hydrogens is 375 g/mol. The molecule has 2 aromatic rings. The molecule has 0 saturated heterocycles. The highest BCUT2D eigenvalue weighted by Crippen LogP contribution is 2.14. The van der Waals surface area contributed by atoms with Crippen LogP contribution in [0.1, 0.15) is 30.6 Å². The molecule has 0 fully saturated rings. The predicted octanol–water partition coefficient (Wildman–Crippen LogP) is 3.49. The molecule has 0 aliphatic rings. The average Bonchev–Trinajstić information content (AvgIpc) is 2.55. The van der Waals surface area contributed by atoms with Crippen LogP contribution in [0.2, 0.25) is 0 Å². The Morgan fingerprint density at radius 2 is 1.81 bits per heavy atom. The molecule has 142 valence electrons. The van der Waals surface area contributed by atoms with E-state index < -0.39 is 6.04 Å². The van der Waals surface area contributed by atoms with Crippen molar-refractivity contribution in [3.05, 3.63) is 54.2 Å². The molecule has 6 nitrogen and oxygen atoms in total. The molecule has 2 rings (SSSR count). The molecule has 2 amide bonds. The average molecular weight is 399 g/mol. The van der Waals surface area contributed by atoms with E-state index in [-0.39, 0.29) is 36.6 Å². The number of nitrogens with two attached hydrogens (primary N) is 1. The van der Waals surface area contributed by atoms with Gasteiger partial charge in [-0.1, -0.05) is 26.0 Å². The number of pyridine rings is 1. The summed E-state index contributed by atoms with van der Waals surface area (Å²) in [5, 5.41) is 5.45. The maximum atomic E-state index is 12.2. The number of aromatic nitrogens is 1. The molecule has 0 aliphatic heterocycles. The van der Waals surface area contributed by atoms with Gasteiger partial charge in [-0.15, -0.1) is 24.8 Å². The van der Waals surface area contributed by atoms with Crippen molar-refractivity contribution in [3.63, 3.8) is 0 Å². The summed E-state index contributed by atoms with van der Waals surface area (Å²) in [6.45, 7) is 4.02. The number of rotatable bonds is 6. The molecule has 0 aliphatic carbocycles.